The minimum atomic E-state index is -0.616. The molecule has 0 saturated heterocycles. The summed E-state index contributed by atoms with van der Waals surface area (Å²) in [5, 5.41) is 0.446. The maximum Gasteiger partial charge on any atom is 0.344 e. The summed E-state index contributed by atoms with van der Waals surface area (Å²) in [4.78, 5) is 28.4. The Labute approximate surface area is 141 Å². The molecule has 0 aliphatic rings. The zero-order valence-corrected chi connectivity index (χ0v) is 14.0. The first-order valence-corrected chi connectivity index (χ1v) is 7.99. The van der Waals surface area contributed by atoms with E-state index in [2.05, 4.69) is 20.9 Å². The van der Waals surface area contributed by atoms with Gasteiger partial charge in [-0.15, -0.1) is 0 Å². The molecule has 0 atom stereocenters. The van der Waals surface area contributed by atoms with Gasteiger partial charge in [0.2, 0.25) is 5.43 Å². The normalized spacial score (nSPS) is 10.7. The molecular formula is C18H14BrNO3. The zero-order chi connectivity index (χ0) is 16.4. The van der Waals surface area contributed by atoms with Crippen molar-refractivity contribution in [2.45, 2.75) is 6.92 Å². The Morgan fingerprint density at radius 2 is 1.91 bits per heavy atom. The molecule has 0 aliphatic carbocycles. The van der Waals surface area contributed by atoms with E-state index >= 15 is 0 Å². The second-order valence-electron chi connectivity index (χ2n) is 4.98. The quantitative estimate of drug-likeness (QED) is 0.704. The van der Waals surface area contributed by atoms with Crippen LogP contribution in [-0.4, -0.2) is 17.6 Å². The number of pyridine rings is 1. The standard InChI is InChI=1S/C18H14BrNO3/c1-2-23-18(22)15-16(11-6-4-3-5-7-11)20-14-9-8-12(19)10-13(14)17(15)21/h3-10H,2H2,1H3,(H,20,21). The number of carbonyl (C=O) groups excluding carboxylic acids is 1. The van der Waals surface area contributed by atoms with Crippen LogP contribution in [0, 0.1) is 0 Å². The van der Waals surface area contributed by atoms with E-state index in [1.54, 1.807) is 13.0 Å². The molecule has 0 saturated carbocycles. The van der Waals surface area contributed by atoms with E-state index in [4.69, 9.17) is 4.74 Å². The third-order valence-corrected chi connectivity index (χ3v) is 4.00. The number of esters is 1. The fourth-order valence-corrected chi connectivity index (χ4v) is 2.84. The van der Waals surface area contributed by atoms with E-state index in [1.165, 1.54) is 0 Å². The lowest BCUT2D eigenvalue weighted by Gasteiger charge is -2.11. The van der Waals surface area contributed by atoms with Crippen molar-refractivity contribution in [1.29, 1.82) is 0 Å². The van der Waals surface area contributed by atoms with Gasteiger partial charge in [0.05, 0.1) is 12.3 Å². The maximum atomic E-state index is 12.8. The van der Waals surface area contributed by atoms with Gasteiger partial charge in [-0.2, -0.15) is 0 Å². The van der Waals surface area contributed by atoms with Crippen LogP contribution in [0.3, 0.4) is 0 Å². The molecule has 116 valence electrons. The van der Waals surface area contributed by atoms with Crippen molar-refractivity contribution in [3.05, 3.63) is 68.8 Å². The number of H-pyrrole nitrogens is 1. The van der Waals surface area contributed by atoms with Gasteiger partial charge in [0.25, 0.3) is 0 Å². The van der Waals surface area contributed by atoms with Crippen molar-refractivity contribution in [3.63, 3.8) is 0 Å². The van der Waals surface area contributed by atoms with E-state index in [0.29, 0.717) is 16.6 Å². The SMILES string of the molecule is CCOC(=O)c1c(-c2ccccc2)[nH]c2ccc(Br)cc2c1=O. The number of rotatable bonds is 3. The van der Waals surface area contributed by atoms with Gasteiger partial charge in [-0.25, -0.2) is 4.79 Å². The molecule has 0 spiro atoms. The molecule has 23 heavy (non-hydrogen) atoms. The number of aromatic nitrogens is 1. The van der Waals surface area contributed by atoms with Crippen LogP contribution in [0.25, 0.3) is 22.2 Å². The average molecular weight is 372 g/mol. The van der Waals surface area contributed by atoms with Crippen LogP contribution in [-0.2, 0) is 4.74 Å². The van der Waals surface area contributed by atoms with Crippen LogP contribution in [0.15, 0.2) is 57.8 Å². The lowest BCUT2D eigenvalue weighted by atomic mass is 10.0. The molecule has 0 aliphatic heterocycles. The largest absolute Gasteiger partial charge is 0.462 e. The van der Waals surface area contributed by atoms with Crippen LogP contribution in [0.5, 0.6) is 0 Å². The van der Waals surface area contributed by atoms with E-state index in [9.17, 15) is 9.59 Å². The zero-order valence-electron chi connectivity index (χ0n) is 12.4. The molecular weight excluding hydrogens is 358 g/mol. The predicted octanol–water partition coefficient (Wildman–Crippen LogP) is 4.13. The number of aromatic amines is 1. The van der Waals surface area contributed by atoms with Crippen molar-refractivity contribution < 1.29 is 9.53 Å². The highest BCUT2D eigenvalue weighted by Crippen LogP contribution is 2.24. The summed E-state index contributed by atoms with van der Waals surface area (Å²) >= 11 is 3.35. The summed E-state index contributed by atoms with van der Waals surface area (Å²) in [6.45, 7) is 1.93. The molecule has 0 fully saturated rings. The smallest absolute Gasteiger partial charge is 0.344 e. The van der Waals surface area contributed by atoms with Crippen LogP contribution in [0.1, 0.15) is 17.3 Å². The van der Waals surface area contributed by atoms with Gasteiger partial charge in [-0.05, 0) is 30.7 Å². The minimum absolute atomic E-state index is 0.0312. The predicted molar refractivity (Wildman–Crippen MR) is 93.7 cm³/mol. The molecule has 1 N–H and O–H groups in total. The highest BCUT2D eigenvalue weighted by atomic mass is 79.9. The Morgan fingerprint density at radius 3 is 2.61 bits per heavy atom. The Kier molecular flexibility index (Phi) is 4.30. The third kappa shape index (κ3) is 2.92. The lowest BCUT2D eigenvalue weighted by Crippen LogP contribution is -2.20. The molecule has 5 heteroatoms. The highest BCUT2D eigenvalue weighted by molar-refractivity contribution is 9.10. The fourth-order valence-electron chi connectivity index (χ4n) is 2.48. The van der Waals surface area contributed by atoms with Gasteiger partial charge in [0.1, 0.15) is 5.56 Å². The van der Waals surface area contributed by atoms with Crippen molar-refractivity contribution in [3.8, 4) is 11.3 Å². The number of halogens is 1. The monoisotopic (exact) mass is 371 g/mol. The number of hydrogen-bond donors (Lipinski definition) is 1. The first-order valence-electron chi connectivity index (χ1n) is 7.20. The average Bonchev–Trinajstić information content (AvgIpc) is 2.56. The number of nitrogens with one attached hydrogen (secondary N) is 1. The summed E-state index contributed by atoms with van der Waals surface area (Å²) in [6.07, 6.45) is 0. The number of fused-ring (bicyclic) bond motifs is 1. The number of carbonyl (C=O) groups is 1. The summed E-state index contributed by atoms with van der Waals surface area (Å²) in [7, 11) is 0. The molecule has 0 bridgehead atoms. The van der Waals surface area contributed by atoms with Gasteiger partial charge >= 0.3 is 5.97 Å². The van der Waals surface area contributed by atoms with Crippen molar-refractivity contribution in [2.75, 3.05) is 6.61 Å². The first kappa shape index (κ1) is 15.5. The minimum Gasteiger partial charge on any atom is -0.462 e. The van der Waals surface area contributed by atoms with Gasteiger partial charge in [0.15, 0.2) is 0 Å². The fraction of sp³-hybridized carbons (Fsp3) is 0.111. The Balaban J connectivity index is 2.37. The Bertz CT molecular complexity index is 932. The molecule has 1 aromatic heterocycles. The number of hydrogen-bond acceptors (Lipinski definition) is 3. The molecule has 0 radical (unpaired) electrons. The van der Waals surface area contributed by atoms with Gasteiger partial charge in [0, 0.05) is 15.4 Å². The third-order valence-electron chi connectivity index (χ3n) is 3.50. The molecule has 0 unspecified atom stereocenters. The summed E-state index contributed by atoms with van der Waals surface area (Å²) in [5.74, 6) is -0.616. The van der Waals surface area contributed by atoms with E-state index in [0.717, 1.165) is 10.0 Å². The number of ether oxygens (including phenoxy) is 1. The second-order valence-corrected chi connectivity index (χ2v) is 5.90. The van der Waals surface area contributed by atoms with Gasteiger partial charge < -0.3 is 9.72 Å². The Morgan fingerprint density at radius 1 is 1.17 bits per heavy atom. The van der Waals surface area contributed by atoms with E-state index in [1.807, 2.05) is 42.5 Å². The van der Waals surface area contributed by atoms with E-state index < -0.39 is 5.97 Å². The topological polar surface area (TPSA) is 59.2 Å². The van der Waals surface area contributed by atoms with Crippen molar-refractivity contribution >= 4 is 32.8 Å². The number of benzene rings is 2. The molecule has 3 rings (SSSR count). The maximum absolute atomic E-state index is 12.8. The molecule has 0 amide bonds. The van der Waals surface area contributed by atoms with Crippen molar-refractivity contribution in [2.24, 2.45) is 0 Å². The molecule has 3 aromatic rings. The molecule has 1 heterocycles. The summed E-state index contributed by atoms with van der Waals surface area (Å²) in [6, 6.07) is 14.6. The second kappa shape index (κ2) is 6.38. The lowest BCUT2D eigenvalue weighted by molar-refractivity contribution is 0.0525. The summed E-state index contributed by atoms with van der Waals surface area (Å²) < 4.78 is 5.86. The van der Waals surface area contributed by atoms with Crippen LogP contribution in [0.4, 0.5) is 0 Å². The molecule has 2 aromatic carbocycles. The Hall–Kier alpha value is -2.40. The van der Waals surface area contributed by atoms with Gasteiger partial charge in [-0.1, -0.05) is 46.3 Å². The van der Waals surface area contributed by atoms with Crippen molar-refractivity contribution in [1.82, 2.24) is 4.98 Å². The van der Waals surface area contributed by atoms with Crippen LogP contribution < -0.4 is 5.43 Å². The molecule has 4 nitrogen and oxygen atoms in total. The van der Waals surface area contributed by atoms with Crippen LogP contribution in [0.2, 0.25) is 0 Å². The van der Waals surface area contributed by atoms with E-state index in [-0.39, 0.29) is 17.6 Å². The highest BCUT2D eigenvalue weighted by Gasteiger charge is 2.21. The first-order chi connectivity index (χ1) is 11.1. The summed E-state index contributed by atoms with van der Waals surface area (Å²) in [5.41, 5.74) is 1.60. The van der Waals surface area contributed by atoms with Crippen LogP contribution >= 0.6 is 15.9 Å². The van der Waals surface area contributed by atoms with Gasteiger partial charge in [-0.3, -0.25) is 4.79 Å².